The smallest absolute Gasteiger partial charge is 0.141 e. The number of ether oxygens (including phenoxy) is 1. The van der Waals surface area contributed by atoms with Gasteiger partial charge in [0.2, 0.25) is 0 Å². The van der Waals surface area contributed by atoms with E-state index in [1.54, 1.807) is 6.07 Å². The van der Waals surface area contributed by atoms with Crippen LogP contribution in [-0.4, -0.2) is 19.3 Å². The summed E-state index contributed by atoms with van der Waals surface area (Å²) < 4.78 is 19.5. The third-order valence-corrected chi connectivity index (χ3v) is 5.42. The Hall–Kier alpha value is -0.640. The molecule has 1 heterocycles. The highest BCUT2D eigenvalue weighted by Crippen LogP contribution is 2.45. The second-order valence-corrected chi connectivity index (χ2v) is 6.84. The van der Waals surface area contributed by atoms with Crippen LogP contribution in [0.25, 0.3) is 0 Å². The minimum Gasteiger partial charge on any atom is -0.375 e. The first-order chi connectivity index (χ1) is 10.1. The third-order valence-electron chi connectivity index (χ3n) is 5.13. The van der Waals surface area contributed by atoms with E-state index in [0.717, 1.165) is 25.0 Å². The van der Waals surface area contributed by atoms with Gasteiger partial charge in [-0.1, -0.05) is 30.5 Å². The van der Waals surface area contributed by atoms with E-state index in [2.05, 4.69) is 5.32 Å². The lowest BCUT2D eigenvalue weighted by Gasteiger charge is -2.41. The molecule has 1 aromatic rings. The highest BCUT2D eigenvalue weighted by molar-refractivity contribution is 6.30. The van der Waals surface area contributed by atoms with Gasteiger partial charge in [0.15, 0.2) is 0 Å². The number of nitrogens with one attached hydrogen (secondary N) is 1. The third kappa shape index (κ3) is 3.10. The molecule has 0 aromatic heterocycles. The first-order valence-electron chi connectivity index (χ1n) is 7.90. The topological polar surface area (TPSA) is 21.3 Å². The number of benzene rings is 1. The Labute approximate surface area is 131 Å². The van der Waals surface area contributed by atoms with Crippen LogP contribution < -0.4 is 5.32 Å². The van der Waals surface area contributed by atoms with E-state index in [4.69, 9.17) is 16.3 Å². The van der Waals surface area contributed by atoms with Crippen LogP contribution in [0.3, 0.4) is 0 Å². The van der Waals surface area contributed by atoms with Gasteiger partial charge < -0.3 is 10.1 Å². The molecule has 0 bridgehead atoms. The first-order valence-corrected chi connectivity index (χ1v) is 8.27. The molecule has 0 amide bonds. The van der Waals surface area contributed by atoms with E-state index in [9.17, 15) is 4.39 Å². The molecule has 2 fully saturated rings. The van der Waals surface area contributed by atoms with Crippen molar-refractivity contribution in [2.24, 2.45) is 5.92 Å². The number of hydrogen-bond acceptors (Lipinski definition) is 2. The number of rotatable bonds is 3. The average Bonchev–Trinajstić information content (AvgIpc) is 2.91. The molecule has 1 spiro atoms. The molecule has 1 saturated carbocycles. The predicted octanol–water partition coefficient (Wildman–Crippen LogP) is 4.48. The van der Waals surface area contributed by atoms with Crippen LogP contribution in [0.15, 0.2) is 18.2 Å². The molecule has 1 aliphatic carbocycles. The van der Waals surface area contributed by atoms with Crippen LogP contribution >= 0.6 is 11.6 Å². The number of hydrogen-bond donors (Lipinski definition) is 1. The molecule has 3 rings (SSSR count). The van der Waals surface area contributed by atoms with Crippen molar-refractivity contribution >= 4 is 11.6 Å². The van der Waals surface area contributed by atoms with Gasteiger partial charge >= 0.3 is 0 Å². The molecule has 1 aromatic carbocycles. The van der Waals surface area contributed by atoms with Gasteiger partial charge in [0.25, 0.3) is 0 Å². The largest absolute Gasteiger partial charge is 0.375 e. The van der Waals surface area contributed by atoms with Gasteiger partial charge in [-0.3, -0.25) is 0 Å². The van der Waals surface area contributed by atoms with E-state index >= 15 is 0 Å². The fraction of sp³-hybridized carbons (Fsp3) is 0.647. The van der Waals surface area contributed by atoms with Gasteiger partial charge in [-0.25, -0.2) is 4.39 Å². The maximum absolute atomic E-state index is 13.4. The molecule has 21 heavy (non-hydrogen) atoms. The fourth-order valence-corrected chi connectivity index (χ4v) is 4.29. The molecule has 1 saturated heterocycles. The molecule has 2 aliphatic rings. The Morgan fingerprint density at radius 2 is 2.14 bits per heavy atom. The molecular weight excluding hydrogens is 289 g/mol. The normalized spacial score (nSPS) is 26.1. The van der Waals surface area contributed by atoms with E-state index in [-0.39, 0.29) is 22.5 Å². The van der Waals surface area contributed by atoms with Crippen molar-refractivity contribution in [1.82, 2.24) is 5.32 Å². The van der Waals surface area contributed by atoms with Gasteiger partial charge in [0.1, 0.15) is 5.82 Å². The van der Waals surface area contributed by atoms with Crippen LogP contribution in [0, 0.1) is 11.7 Å². The van der Waals surface area contributed by atoms with Crippen LogP contribution in [0.1, 0.15) is 50.1 Å². The summed E-state index contributed by atoms with van der Waals surface area (Å²) in [6, 6.07) is 5.28. The van der Waals surface area contributed by atoms with Crippen LogP contribution in [0.4, 0.5) is 4.39 Å². The Balaban J connectivity index is 1.80. The molecule has 116 valence electrons. The van der Waals surface area contributed by atoms with Crippen molar-refractivity contribution in [1.29, 1.82) is 0 Å². The van der Waals surface area contributed by atoms with Gasteiger partial charge in [-0.15, -0.1) is 0 Å². The van der Waals surface area contributed by atoms with Crippen LogP contribution in [0.5, 0.6) is 0 Å². The van der Waals surface area contributed by atoms with Crippen molar-refractivity contribution in [2.75, 3.05) is 13.7 Å². The Kier molecular flexibility index (Phi) is 4.53. The van der Waals surface area contributed by atoms with Crippen molar-refractivity contribution in [3.05, 3.63) is 34.6 Å². The summed E-state index contributed by atoms with van der Waals surface area (Å²) in [5.74, 6) is 0.165. The van der Waals surface area contributed by atoms with Crippen LogP contribution in [0.2, 0.25) is 5.02 Å². The molecule has 2 nitrogen and oxygen atoms in total. The zero-order valence-electron chi connectivity index (χ0n) is 12.5. The zero-order chi connectivity index (χ0) is 14.9. The molecule has 1 aliphatic heterocycles. The van der Waals surface area contributed by atoms with E-state index < -0.39 is 0 Å². The summed E-state index contributed by atoms with van der Waals surface area (Å²) in [4.78, 5) is 0. The van der Waals surface area contributed by atoms with Gasteiger partial charge in [-0.05, 0) is 56.3 Å². The monoisotopic (exact) mass is 311 g/mol. The minimum atomic E-state index is -0.352. The van der Waals surface area contributed by atoms with E-state index in [1.165, 1.54) is 31.7 Å². The highest BCUT2D eigenvalue weighted by Gasteiger charge is 2.42. The lowest BCUT2D eigenvalue weighted by Crippen LogP contribution is -2.41. The molecule has 2 unspecified atom stereocenters. The predicted molar refractivity (Wildman–Crippen MR) is 83.1 cm³/mol. The lowest BCUT2D eigenvalue weighted by atomic mass is 9.78. The summed E-state index contributed by atoms with van der Waals surface area (Å²) in [5, 5.41) is 3.61. The van der Waals surface area contributed by atoms with Gasteiger partial charge in [-0.2, -0.15) is 0 Å². The van der Waals surface area contributed by atoms with Crippen molar-refractivity contribution in [3.63, 3.8) is 0 Å². The molecule has 2 atom stereocenters. The van der Waals surface area contributed by atoms with Gasteiger partial charge in [0.05, 0.1) is 10.6 Å². The summed E-state index contributed by atoms with van der Waals surface area (Å²) in [6.45, 7) is 0.831. The van der Waals surface area contributed by atoms with E-state index in [1.807, 2.05) is 13.1 Å². The Morgan fingerprint density at radius 1 is 1.38 bits per heavy atom. The second-order valence-electron chi connectivity index (χ2n) is 6.43. The maximum Gasteiger partial charge on any atom is 0.141 e. The highest BCUT2D eigenvalue weighted by atomic mass is 35.5. The van der Waals surface area contributed by atoms with Gasteiger partial charge in [0, 0.05) is 12.6 Å². The summed E-state index contributed by atoms with van der Waals surface area (Å²) in [7, 11) is 1.97. The lowest BCUT2D eigenvalue weighted by molar-refractivity contribution is -0.0978. The summed E-state index contributed by atoms with van der Waals surface area (Å²) in [6.07, 6.45) is 7.06. The molecule has 1 N–H and O–H groups in total. The maximum atomic E-state index is 13.4. The fourth-order valence-electron chi connectivity index (χ4n) is 4.10. The standard InChI is InChI=1S/C17H23ClFNO/c1-20-16(12-4-5-15(19)14(18)10-12)13-6-9-21-17(11-13)7-2-3-8-17/h4-5,10,13,16,20H,2-3,6-9,11H2,1H3. The Morgan fingerprint density at radius 3 is 2.81 bits per heavy atom. The zero-order valence-corrected chi connectivity index (χ0v) is 13.3. The van der Waals surface area contributed by atoms with Crippen molar-refractivity contribution < 1.29 is 9.13 Å². The summed E-state index contributed by atoms with van der Waals surface area (Å²) in [5.41, 5.74) is 1.17. The van der Waals surface area contributed by atoms with Crippen LogP contribution in [-0.2, 0) is 4.74 Å². The Bertz CT molecular complexity index is 502. The molecule has 0 radical (unpaired) electrons. The average molecular weight is 312 g/mol. The summed E-state index contributed by atoms with van der Waals surface area (Å²) >= 11 is 5.95. The van der Waals surface area contributed by atoms with Crippen molar-refractivity contribution in [2.45, 2.75) is 50.2 Å². The molecular formula is C17H23ClFNO. The van der Waals surface area contributed by atoms with E-state index in [0.29, 0.717) is 5.92 Å². The first kappa shape index (κ1) is 15.3. The molecule has 4 heteroatoms. The van der Waals surface area contributed by atoms with Crippen molar-refractivity contribution in [3.8, 4) is 0 Å². The quantitative estimate of drug-likeness (QED) is 0.888. The number of halogens is 2. The SMILES string of the molecule is CNC(c1ccc(F)c(Cl)c1)C1CCOC2(CCCC2)C1. The second kappa shape index (κ2) is 6.23. The minimum absolute atomic E-state index is 0.0990.